The molecule has 0 fully saturated rings. The lowest BCUT2D eigenvalue weighted by Gasteiger charge is -2.15. The predicted octanol–water partition coefficient (Wildman–Crippen LogP) is 2.16. The Labute approximate surface area is 157 Å². The molecule has 0 radical (unpaired) electrons. The summed E-state index contributed by atoms with van der Waals surface area (Å²) in [5.41, 5.74) is 0.682. The first-order chi connectivity index (χ1) is 12.7. The van der Waals surface area contributed by atoms with Crippen molar-refractivity contribution in [2.24, 2.45) is 10.9 Å². The smallest absolute Gasteiger partial charge is 0.251 e. The van der Waals surface area contributed by atoms with E-state index < -0.39 is 0 Å². The van der Waals surface area contributed by atoms with E-state index in [9.17, 15) is 4.79 Å². The van der Waals surface area contributed by atoms with Crippen LogP contribution < -0.4 is 16.0 Å². The van der Waals surface area contributed by atoms with Gasteiger partial charge in [-0.15, -0.1) is 0 Å². The zero-order chi connectivity index (χ0) is 19.0. The molecule has 0 aliphatic heterocycles. The third kappa shape index (κ3) is 9.42. The molecule has 0 saturated carbocycles. The normalized spacial score (nSPS) is 12.5. The number of aliphatic imine (C=N–C) groups is 1. The average molecular weight is 363 g/mol. The number of aliphatic hydroxyl groups is 1. The van der Waals surface area contributed by atoms with Crippen molar-refractivity contribution in [2.45, 2.75) is 39.5 Å². The Hall–Kier alpha value is -2.08. The fourth-order valence-corrected chi connectivity index (χ4v) is 2.67. The summed E-state index contributed by atoms with van der Waals surface area (Å²) in [5, 5.41) is 18.6. The second kappa shape index (κ2) is 14.1. The highest BCUT2D eigenvalue weighted by Crippen LogP contribution is 2.10. The minimum Gasteiger partial charge on any atom is -0.396 e. The van der Waals surface area contributed by atoms with E-state index in [-0.39, 0.29) is 12.5 Å². The summed E-state index contributed by atoms with van der Waals surface area (Å²) < 4.78 is 0. The van der Waals surface area contributed by atoms with Crippen molar-refractivity contribution >= 4 is 11.9 Å². The van der Waals surface area contributed by atoms with E-state index in [2.05, 4.69) is 27.9 Å². The maximum atomic E-state index is 12.0. The van der Waals surface area contributed by atoms with Gasteiger partial charge < -0.3 is 21.1 Å². The van der Waals surface area contributed by atoms with E-state index in [1.54, 1.807) is 0 Å². The number of benzene rings is 1. The molecular weight excluding hydrogens is 328 g/mol. The molecule has 26 heavy (non-hydrogen) atoms. The molecular formula is C20H34N4O2. The molecule has 0 aliphatic rings. The van der Waals surface area contributed by atoms with Gasteiger partial charge in [-0.2, -0.15) is 0 Å². The molecule has 0 bridgehead atoms. The molecule has 1 aromatic carbocycles. The first-order valence-corrected chi connectivity index (χ1v) is 9.67. The van der Waals surface area contributed by atoms with Crippen molar-refractivity contribution < 1.29 is 9.90 Å². The molecule has 4 N–H and O–H groups in total. The molecule has 6 nitrogen and oxygen atoms in total. The third-order valence-electron chi connectivity index (χ3n) is 4.05. The van der Waals surface area contributed by atoms with Crippen LogP contribution in [-0.2, 0) is 0 Å². The highest BCUT2D eigenvalue weighted by atomic mass is 16.3. The largest absolute Gasteiger partial charge is 0.396 e. The molecule has 0 aromatic heterocycles. The molecule has 1 atom stereocenters. The Bertz CT molecular complexity index is 514. The van der Waals surface area contributed by atoms with Gasteiger partial charge in [0.15, 0.2) is 5.96 Å². The molecule has 0 heterocycles. The number of carbonyl (C=O) groups excluding carboxylic acids is 1. The van der Waals surface area contributed by atoms with Crippen LogP contribution in [0.15, 0.2) is 35.3 Å². The summed E-state index contributed by atoms with van der Waals surface area (Å²) in [6, 6.07) is 9.23. The maximum absolute atomic E-state index is 12.0. The van der Waals surface area contributed by atoms with Crippen molar-refractivity contribution in [2.75, 3.05) is 32.8 Å². The van der Waals surface area contributed by atoms with E-state index in [1.165, 1.54) is 0 Å². The fraction of sp³-hybridized carbons (Fsp3) is 0.600. The van der Waals surface area contributed by atoms with Crippen LogP contribution in [0.2, 0.25) is 0 Å². The SMILES string of the molecule is CCCC(CCO)CN=C(NCC)NCCCNC(=O)c1ccccc1. The summed E-state index contributed by atoms with van der Waals surface area (Å²) in [6.45, 7) is 7.27. The van der Waals surface area contributed by atoms with E-state index in [0.29, 0.717) is 24.6 Å². The number of carbonyl (C=O) groups is 1. The standard InChI is InChI=1S/C20H34N4O2/c1-3-9-17(12-15-25)16-24-20(21-4-2)23-14-8-13-22-19(26)18-10-6-5-7-11-18/h5-7,10-11,17,25H,3-4,8-9,12-16H2,1-2H3,(H,22,26)(H2,21,23,24). The van der Waals surface area contributed by atoms with Crippen LogP contribution in [0.25, 0.3) is 0 Å². The molecule has 6 heteroatoms. The molecule has 1 aromatic rings. The topological polar surface area (TPSA) is 85.8 Å². The van der Waals surface area contributed by atoms with Crippen molar-refractivity contribution in [1.29, 1.82) is 0 Å². The summed E-state index contributed by atoms with van der Waals surface area (Å²) in [5.74, 6) is 1.17. The first kappa shape index (κ1) is 22.0. The van der Waals surface area contributed by atoms with Crippen molar-refractivity contribution in [3.8, 4) is 0 Å². The Balaban J connectivity index is 2.31. The number of nitrogens with zero attached hydrogens (tertiary/aromatic N) is 1. The van der Waals surface area contributed by atoms with E-state index in [1.807, 2.05) is 37.3 Å². The number of guanidine groups is 1. The summed E-state index contributed by atoms with van der Waals surface area (Å²) >= 11 is 0. The highest BCUT2D eigenvalue weighted by molar-refractivity contribution is 5.94. The van der Waals surface area contributed by atoms with Crippen LogP contribution in [0.4, 0.5) is 0 Å². The van der Waals surface area contributed by atoms with Gasteiger partial charge in [0.25, 0.3) is 5.91 Å². The monoisotopic (exact) mass is 362 g/mol. The molecule has 1 unspecified atom stereocenters. The van der Waals surface area contributed by atoms with Crippen LogP contribution in [0.5, 0.6) is 0 Å². The van der Waals surface area contributed by atoms with Crippen LogP contribution in [0.3, 0.4) is 0 Å². The maximum Gasteiger partial charge on any atom is 0.251 e. The number of rotatable bonds is 12. The second-order valence-corrected chi connectivity index (χ2v) is 6.29. The number of aliphatic hydroxyl groups excluding tert-OH is 1. The van der Waals surface area contributed by atoms with Crippen LogP contribution in [0.1, 0.15) is 49.9 Å². The zero-order valence-corrected chi connectivity index (χ0v) is 16.1. The molecule has 1 rings (SSSR count). The lowest BCUT2D eigenvalue weighted by atomic mass is 10.0. The van der Waals surface area contributed by atoms with Crippen molar-refractivity contribution in [1.82, 2.24) is 16.0 Å². The van der Waals surface area contributed by atoms with Crippen molar-refractivity contribution in [3.63, 3.8) is 0 Å². The minimum absolute atomic E-state index is 0.0439. The zero-order valence-electron chi connectivity index (χ0n) is 16.1. The van der Waals surface area contributed by atoms with Crippen molar-refractivity contribution in [3.05, 3.63) is 35.9 Å². The minimum atomic E-state index is -0.0439. The van der Waals surface area contributed by atoms with E-state index in [4.69, 9.17) is 5.11 Å². The lowest BCUT2D eigenvalue weighted by Crippen LogP contribution is -2.39. The van der Waals surface area contributed by atoms with Gasteiger partial charge in [0.2, 0.25) is 0 Å². The van der Waals surface area contributed by atoms with Gasteiger partial charge in [0.1, 0.15) is 0 Å². The molecule has 0 spiro atoms. The van der Waals surface area contributed by atoms with Gasteiger partial charge in [0.05, 0.1) is 0 Å². The first-order valence-electron chi connectivity index (χ1n) is 9.67. The molecule has 0 saturated heterocycles. The Morgan fingerprint density at radius 3 is 2.46 bits per heavy atom. The average Bonchev–Trinajstić information content (AvgIpc) is 2.66. The van der Waals surface area contributed by atoms with Crippen LogP contribution in [-0.4, -0.2) is 49.8 Å². The molecule has 146 valence electrons. The predicted molar refractivity (Wildman–Crippen MR) is 107 cm³/mol. The van der Waals surface area contributed by atoms with E-state index >= 15 is 0 Å². The lowest BCUT2D eigenvalue weighted by molar-refractivity contribution is 0.0953. The van der Waals surface area contributed by atoms with Gasteiger partial charge in [-0.1, -0.05) is 31.5 Å². The summed E-state index contributed by atoms with van der Waals surface area (Å²) in [6.07, 6.45) is 3.79. The van der Waals surface area contributed by atoms with Gasteiger partial charge in [0, 0.05) is 38.3 Å². The quantitative estimate of drug-likeness (QED) is 0.261. The number of hydrogen-bond acceptors (Lipinski definition) is 3. The Morgan fingerprint density at radius 2 is 1.81 bits per heavy atom. The van der Waals surface area contributed by atoms with Gasteiger partial charge in [-0.3, -0.25) is 9.79 Å². The van der Waals surface area contributed by atoms with E-state index in [0.717, 1.165) is 44.7 Å². The Kier molecular flexibility index (Phi) is 11.9. The summed E-state index contributed by atoms with van der Waals surface area (Å²) in [7, 11) is 0. The highest BCUT2D eigenvalue weighted by Gasteiger charge is 2.07. The molecule has 1 amide bonds. The number of amides is 1. The number of nitrogens with one attached hydrogen (secondary N) is 3. The van der Waals surface area contributed by atoms with Gasteiger partial charge in [-0.25, -0.2) is 0 Å². The summed E-state index contributed by atoms with van der Waals surface area (Å²) in [4.78, 5) is 16.6. The second-order valence-electron chi connectivity index (χ2n) is 6.29. The molecule has 0 aliphatic carbocycles. The van der Waals surface area contributed by atoms with Gasteiger partial charge >= 0.3 is 0 Å². The Morgan fingerprint density at radius 1 is 1.08 bits per heavy atom. The number of hydrogen-bond donors (Lipinski definition) is 4. The van der Waals surface area contributed by atoms with Crippen LogP contribution >= 0.6 is 0 Å². The van der Waals surface area contributed by atoms with Crippen LogP contribution in [0, 0.1) is 5.92 Å². The third-order valence-corrected chi connectivity index (χ3v) is 4.05. The van der Waals surface area contributed by atoms with Gasteiger partial charge in [-0.05, 0) is 44.2 Å². The fourth-order valence-electron chi connectivity index (χ4n) is 2.67.